The van der Waals surface area contributed by atoms with Crippen molar-refractivity contribution in [3.05, 3.63) is 51.6 Å². The van der Waals surface area contributed by atoms with Crippen LogP contribution in [-0.2, 0) is 5.41 Å². The van der Waals surface area contributed by atoms with E-state index in [4.69, 9.17) is 5.26 Å². The number of hydrogen-bond donors (Lipinski definition) is 2. The molecule has 1 aliphatic rings. The first kappa shape index (κ1) is 18.0. The number of halogens is 3. The van der Waals surface area contributed by atoms with Crippen molar-refractivity contribution >= 4 is 11.9 Å². The smallest absolute Gasteiger partial charge is 0.417 e. The van der Waals surface area contributed by atoms with Gasteiger partial charge < -0.3 is 10.2 Å². The fourth-order valence-corrected chi connectivity index (χ4v) is 2.38. The number of hydrogen-bond acceptors (Lipinski definition) is 6. The second kappa shape index (κ2) is 6.27. The summed E-state index contributed by atoms with van der Waals surface area (Å²) in [5.41, 5.74) is -3.75. The Hall–Kier alpha value is -3.35. The number of nitro benzene ring substituents is 1. The van der Waals surface area contributed by atoms with Crippen LogP contribution in [0, 0.1) is 21.4 Å². The van der Waals surface area contributed by atoms with Crippen LogP contribution in [0.3, 0.4) is 0 Å². The number of aromatic hydroxyl groups is 2. The average Bonchev–Trinajstić information content (AvgIpc) is 2.54. The van der Waals surface area contributed by atoms with Crippen molar-refractivity contribution in [3.8, 4) is 17.6 Å². The summed E-state index contributed by atoms with van der Waals surface area (Å²) in [5.74, 6) is -1.88. The Morgan fingerprint density at radius 1 is 1.40 bits per heavy atom. The lowest BCUT2D eigenvalue weighted by molar-refractivity contribution is -0.386. The third-order valence-electron chi connectivity index (χ3n) is 3.58. The van der Waals surface area contributed by atoms with Crippen molar-refractivity contribution in [1.29, 1.82) is 5.26 Å². The number of aliphatic imine (C=N–C) groups is 1. The average molecular weight is 353 g/mol. The first-order valence-corrected chi connectivity index (χ1v) is 6.69. The Morgan fingerprint density at radius 2 is 2.08 bits per heavy atom. The minimum Gasteiger partial charge on any atom is -0.504 e. The molecule has 0 aromatic heterocycles. The predicted octanol–water partition coefficient (Wildman–Crippen LogP) is 2.90. The molecule has 1 aliphatic heterocycles. The first-order valence-electron chi connectivity index (χ1n) is 6.69. The largest absolute Gasteiger partial charge is 0.504 e. The van der Waals surface area contributed by atoms with Crippen LogP contribution in [0.15, 0.2) is 40.9 Å². The molecule has 1 heterocycles. The number of benzene rings is 1. The minimum atomic E-state index is -4.72. The van der Waals surface area contributed by atoms with E-state index in [2.05, 4.69) is 4.99 Å². The molecular formula is C15H10F3N3O4. The number of phenolic OH excluding ortho intramolecular Hbond substituents is 2. The van der Waals surface area contributed by atoms with Crippen molar-refractivity contribution in [1.82, 2.24) is 0 Å². The zero-order chi connectivity index (χ0) is 18.8. The molecule has 0 saturated carbocycles. The lowest BCUT2D eigenvalue weighted by Crippen LogP contribution is -2.31. The second-order valence-electron chi connectivity index (χ2n) is 5.19. The first-order chi connectivity index (χ1) is 11.6. The molecule has 25 heavy (non-hydrogen) atoms. The highest BCUT2D eigenvalue weighted by atomic mass is 19.4. The van der Waals surface area contributed by atoms with Gasteiger partial charge in [-0.2, -0.15) is 18.4 Å². The minimum absolute atomic E-state index is 0.125. The van der Waals surface area contributed by atoms with E-state index in [-0.39, 0.29) is 12.1 Å². The molecule has 1 atom stereocenters. The summed E-state index contributed by atoms with van der Waals surface area (Å²) in [6, 6.07) is 3.37. The Balaban J connectivity index is 2.75. The van der Waals surface area contributed by atoms with Gasteiger partial charge in [0, 0.05) is 18.4 Å². The Kier molecular flexibility index (Phi) is 4.52. The van der Waals surface area contributed by atoms with Crippen molar-refractivity contribution in [3.63, 3.8) is 0 Å². The summed E-state index contributed by atoms with van der Waals surface area (Å²) in [6.45, 7) is -0.272. The Morgan fingerprint density at radius 3 is 2.64 bits per heavy atom. The van der Waals surface area contributed by atoms with Gasteiger partial charge in [-0.15, -0.1) is 0 Å². The molecule has 1 aromatic carbocycles. The molecule has 0 fully saturated rings. The van der Waals surface area contributed by atoms with E-state index in [9.17, 15) is 33.5 Å². The van der Waals surface area contributed by atoms with E-state index in [1.165, 1.54) is 0 Å². The third-order valence-corrected chi connectivity index (χ3v) is 3.58. The van der Waals surface area contributed by atoms with Crippen molar-refractivity contribution in [2.24, 2.45) is 4.99 Å². The van der Waals surface area contributed by atoms with Crippen LogP contribution < -0.4 is 0 Å². The normalized spacial score (nSPS) is 20.3. The zero-order valence-electron chi connectivity index (χ0n) is 12.4. The summed E-state index contributed by atoms with van der Waals surface area (Å²) in [7, 11) is 0. The number of dihydropyridines is 1. The van der Waals surface area contributed by atoms with Crippen LogP contribution in [0.4, 0.5) is 18.9 Å². The van der Waals surface area contributed by atoms with Crippen LogP contribution in [0.25, 0.3) is 0 Å². The highest BCUT2D eigenvalue weighted by Gasteiger charge is 2.40. The van der Waals surface area contributed by atoms with Crippen molar-refractivity contribution < 1.29 is 28.3 Å². The van der Waals surface area contributed by atoms with Crippen LogP contribution >= 0.6 is 0 Å². The van der Waals surface area contributed by atoms with Crippen LogP contribution in [-0.4, -0.2) is 34.1 Å². The molecule has 0 aliphatic carbocycles. The van der Waals surface area contributed by atoms with E-state index in [0.717, 1.165) is 30.4 Å². The monoisotopic (exact) mass is 353 g/mol. The molecule has 2 rings (SSSR count). The topological polar surface area (TPSA) is 120 Å². The number of alkyl halides is 3. The maximum atomic E-state index is 13.0. The lowest BCUT2D eigenvalue weighted by atomic mass is 9.77. The van der Waals surface area contributed by atoms with Gasteiger partial charge in [-0.25, -0.2) is 0 Å². The molecule has 1 unspecified atom stereocenters. The van der Waals surface area contributed by atoms with Crippen molar-refractivity contribution in [2.45, 2.75) is 11.6 Å². The Labute approximate surface area is 138 Å². The van der Waals surface area contributed by atoms with Crippen LogP contribution in [0.1, 0.15) is 5.56 Å². The van der Waals surface area contributed by atoms with Crippen molar-refractivity contribution in [2.75, 3.05) is 6.54 Å². The predicted molar refractivity (Wildman–Crippen MR) is 80.4 cm³/mol. The summed E-state index contributed by atoms with van der Waals surface area (Å²) in [4.78, 5) is 13.7. The molecule has 0 saturated heterocycles. The number of rotatable bonds is 3. The van der Waals surface area contributed by atoms with Gasteiger partial charge in [0.25, 0.3) is 0 Å². The van der Waals surface area contributed by atoms with E-state index >= 15 is 0 Å². The second-order valence-corrected chi connectivity index (χ2v) is 5.19. The molecule has 1 aromatic rings. The van der Waals surface area contributed by atoms with E-state index in [1.54, 1.807) is 6.07 Å². The molecule has 10 heteroatoms. The van der Waals surface area contributed by atoms with Gasteiger partial charge in [-0.1, -0.05) is 12.2 Å². The molecule has 0 bridgehead atoms. The summed E-state index contributed by atoms with van der Waals surface area (Å²) >= 11 is 0. The fraction of sp³-hybridized carbons (Fsp3) is 0.200. The fourth-order valence-electron chi connectivity index (χ4n) is 2.38. The summed E-state index contributed by atoms with van der Waals surface area (Å²) < 4.78 is 39.1. The summed E-state index contributed by atoms with van der Waals surface area (Å²) in [5, 5.41) is 38.9. The van der Waals surface area contributed by atoms with Gasteiger partial charge in [0.15, 0.2) is 5.75 Å². The maximum Gasteiger partial charge on any atom is 0.417 e. The van der Waals surface area contributed by atoms with Crippen LogP contribution in [0.5, 0.6) is 11.5 Å². The van der Waals surface area contributed by atoms with Crippen LogP contribution in [0.2, 0.25) is 0 Å². The number of phenols is 2. The Bertz CT molecular complexity index is 853. The SMILES string of the molecule is N#C/C=C\C1(c2cc(O)c(O)c([N+](=O)[O-])c2)C=C(C(F)(F)F)C=NC1. The van der Waals surface area contributed by atoms with Gasteiger partial charge in [0.2, 0.25) is 5.75 Å². The standard InChI is InChI=1S/C15H10F3N3O4/c16-15(17,18)10-6-14(2-1-3-19,8-20-7-10)9-4-11(21(24)25)13(23)12(22)5-9/h1-2,4-7,22-23H,8H2/b2-1-. The van der Waals surface area contributed by atoms with E-state index in [0.29, 0.717) is 6.21 Å². The lowest BCUT2D eigenvalue weighted by Gasteiger charge is -2.30. The molecule has 0 radical (unpaired) electrons. The van der Waals surface area contributed by atoms with Gasteiger partial charge >= 0.3 is 11.9 Å². The number of nitrogens with zero attached hydrogens (tertiary/aromatic N) is 3. The van der Waals surface area contributed by atoms with Gasteiger partial charge in [-0.3, -0.25) is 15.1 Å². The van der Waals surface area contributed by atoms with E-state index < -0.39 is 39.3 Å². The van der Waals surface area contributed by atoms with E-state index in [1.807, 2.05) is 0 Å². The zero-order valence-corrected chi connectivity index (χ0v) is 12.4. The van der Waals surface area contributed by atoms with Gasteiger partial charge in [-0.05, 0) is 11.6 Å². The molecule has 7 nitrogen and oxygen atoms in total. The molecule has 0 amide bonds. The quantitative estimate of drug-likeness (QED) is 0.375. The highest BCUT2D eigenvalue weighted by Crippen LogP contribution is 2.43. The molecular weight excluding hydrogens is 343 g/mol. The highest BCUT2D eigenvalue weighted by molar-refractivity contribution is 5.82. The third kappa shape index (κ3) is 3.45. The molecule has 2 N–H and O–H groups in total. The van der Waals surface area contributed by atoms with Gasteiger partial charge in [0.05, 0.1) is 28.5 Å². The maximum absolute atomic E-state index is 13.0. The molecule has 0 spiro atoms. The summed E-state index contributed by atoms with van der Waals surface area (Å²) in [6.07, 6.45) is -1.32. The number of allylic oxidation sites excluding steroid dienone is 2. The molecule has 130 valence electrons. The van der Waals surface area contributed by atoms with Gasteiger partial charge in [0.1, 0.15) is 0 Å². The number of nitriles is 1. The number of nitro groups is 1.